The molecule has 0 atom stereocenters. The van der Waals surface area contributed by atoms with Crippen LogP contribution in [-0.2, 0) is 4.79 Å². The number of hydrogen-bond acceptors (Lipinski definition) is 4. The van der Waals surface area contributed by atoms with E-state index in [4.69, 9.17) is 9.47 Å². The molecule has 0 bridgehead atoms. The van der Waals surface area contributed by atoms with Gasteiger partial charge in [0, 0.05) is 23.6 Å². The number of thioether (sulfide) groups is 1. The molecular weight excluding hydrogens is 250 g/mol. The van der Waals surface area contributed by atoms with Crippen molar-refractivity contribution in [1.29, 1.82) is 0 Å². The monoisotopic (exact) mass is 267 g/mol. The summed E-state index contributed by atoms with van der Waals surface area (Å²) in [4.78, 5) is 12.1. The molecule has 0 saturated carbocycles. The second-order valence-electron chi connectivity index (χ2n) is 3.48. The first-order chi connectivity index (χ1) is 8.62. The molecule has 0 saturated heterocycles. The Labute approximate surface area is 111 Å². The van der Waals surface area contributed by atoms with Crippen LogP contribution in [0.15, 0.2) is 29.7 Å². The van der Waals surface area contributed by atoms with Gasteiger partial charge in [0.15, 0.2) is 11.5 Å². The van der Waals surface area contributed by atoms with Gasteiger partial charge >= 0.3 is 0 Å². The van der Waals surface area contributed by atoms with Crippen LogP contribution >= 0.6 is 11.8 Å². The quantitative estimate of drug-likeness (QED) is 0.636. The average Bonchev–Trinajstić information content (AvgIpc) is 2.36. The van der Waals surface area contributed by atoms with Crippen molar-refractivity contribution in [2.24, 2.45) is 0 Å². The Hall–Kier alpha value is -1.62. The molecule has 1 N–H and O–H groups in total. The van der Waals surface area contributed by atoms with Gasteiger partial charge in [-0.3, -0.25) is 4.79 Å². The topological polar surface area (TPSA) is 47.6 Å². The Bertz CT molecular complexity index is 446. The van der Waals surface area contributed by atoms with Crippen molar-refractivity contribution in [3.05, 3.63) is 24.8 Å². The average molecular weight is 267 g/mol. The first-order valence-corrected chi connectivity index (χ1v) is 6.38. The number of benzene rings is 1. The molecule has 0 unspecified atom stereocenters. The highest BCUT2D eigenvalue weighted by molar-refractivity contribution is 7.99. The lowest BCUT2D eigenvalue weighted by molar-refractivity contribution is -0.114. The Morgan fingerprint density at radius 3 is 2.50 bits per heavy atom. The molecular formula is C13H17NO3S. The molecule has 0 aliphatic heterocycles. The summed E-state index contributed by atoms with van der Waals surface area (Å²) < 4.78 is 10.5. The van der Waals surface area contributed by atoms with Gasteiger partial charge in [-0.1, -0.05) is 6.08 Å². The maximum absolute atomic E-state index is 11.2. The number of carbonyl (C=O) groups is 1. The minimum absolute atomic E-state index is 0.123. The summed E-state index contributed by atoms with van der Waals surface area (Å²) in [6.07, 6.45) is 1.80. The van der Waals surface area contributed by atoms with Gasteiger partial charge in [0.05, 0.1) is 19.9 Å². The molecule has 1 aromatic rings. The standard InChI is InChI=1S/C13H17NO3S/c1-5-6-18-13-8-12(17-4)11(16-3)7-10(13)14-9(2)15/h5,7-8H,1,6H2,2-4H3,(H,14,15). The zero-order valence-electron chi connectivity index (χ0n) is 10.8. The lowest BCUT2D eigenvalue weighted by Crippen LogP contribution is -2.07. The summed E-state index contributed by atoms with van der Waals surface area (Å²) in [5.74, 6) is 1.85. The summed E-state index contributed by atoms with van der Waals surface area (Å²) >= 11 is 1.57. The third-order valence-electron chi connectivity index (χ3n) is 2.15. The normalized spacial score (nSPS) is 9.72. The van der Waals surface area contributed by atoms with Crippen molar-refractivity contribution in [3.8, 4) is 11.5 Å². The van der Waals surface area contributed by atoms with Gasteiger partial charge < -0.3 is 14.8 Å². The van der Waals surface area contributed by atoms with Crippen molar-refractivity contribution in [3.63, 3.8) is 0 Å². The molecule has 0 aliphatic rings. The van der Waals surface area contributed by atoms with Gasteiger partial charge in [0.1, 0.15) is 0 Å². The molecule has 1 amide bonds. The molecule has 1 rings (SSSR count). The Kier molecular flexibility index (Phi) is 5.58. The zero-order valence-corrected chi connectivity index (χ0v) is 11.6. The number of nitrogens with one attached hydrogen (secondary N) is 1. The molecule has 0 radical (unpaired) electrons. The van der Waals surface area contributed by atoms with Gasteiger partial charge in [-0.2, -0.15) is 0 Å². The van der Waals surface area contributed by atoms with E-state index in [1.807, 2.05) is 6.07 Å². The summed E-state index contributed by atoms with van der Waals surface area (Å²) in [5.41, 5.74) is 0.715. The molecule has 18 heavy (non-hydrogen) atoms. The fourth-order valence-electron chi connectivity index (χ4n) is 1.42. The third kappa shape index (κ3) is 3.70. The van der Waals surface area contributed by atoms with Crippen molar-refractivity contribution in [2.45, 2.75) is 11.8 Å². The van der Waals surface area contributed by atoms with E-state index in [1.165, 1.54) is 6.92 Å². The molecule has 1 aromatic carbocycles. The summed E-state index contributed by atoms with van der Waals surface area (Å²) in [6.45, 7) is 5.15. The Morgan fingerprint density at radius 1 is 1.39 bits per heavy atom. The molecule has 0 aliphatic carbocycles. The van der Waals surface area contributed by atoms with E-state index in [2.05, 4.69) is 11.9 Å². The van der Waals surface area contributed by atoms with Crippen molar-refractivity contribution < 1.29 is 14.3 Å². The summed E-state index contributed by atoms with van der Waals surface area (Å²) in [6, 6.07) is 3.60. The molecule has 0 aromatic heterocycles. The fraction of sp³-hybridized carbons (Fsp3) is 0.308. The van der Waals surface area contributed by atoms with Gasteiger partial charge in [0.2, 0.25) is 5.91 Å². The van der Waals surface area contributed by atoms with Gasteiger partial charge in [-0.05, 0) is 6.07 Å². The van der Waals surface area contributed by atoms with E-state index >= 15 is 0 Å². The Balaban J connectivity index is 3.16. The highest BCUT2D eigenvalue weighted by Gasteiger charge is 2.12. The predicted octanol–water partition coefficient (Wildman–Crippen LogP) is 2.94. The predicted molar refractivity (Wildman–Crippen MR) is 74.8 cm³/mol. The van der Waals surface area contributed by atoms with Crippen LogP contribution in [0.25, 0.3) is 0 Å². The second kappa shape index (κ2) is 6.96. The van der Waals surface area contributed by atoms with Crippen molar-refractivity contribution >= 4 is 23.4 Å². The molecule has 4 nitrogen and oxygen atoms in total. The number of anilines is 1. The Morgan fingerprint density at radius 2 is 2.00 bits per heavy atom. The minimum atomic E-state index is -0.123. The van der Waals surface area contributed by atoms with Crippen molar-refractivity contribution in [2.75, 3.05) is 25.3 Å². The maximum atomic E-state index is 11.2. The van der Waals surface area contributed by atoms with Crippen molar-refractivity contribution in [1.82, 2.24) is 0 Å². The number of ether oxygens (including phenoxy) is 2. The van der Waals surface area contributed by atoms with E-state index in [9.17, 15) is 4.79 Å². The first kappa shape index (κ1) is 14.4. The number of methoxy groups -OCH3 is 2. The number of hydrogen-bond donors (Lipinski definition) is 1. The molecule has 98 valence electrons. The van der Waals surface area contributed by atoms with E-state index in [-0.39, 0.29) is 5.91 Å². The highest BCUT2D eigenvalue weighted by atomic mass is 32.2. The van der Waals surface area contributed by atoms with Gasteiger partial charge in [0.25, 0.3) is 0 Å². The maximum Gasteiger partial charge on any atom is 0.221 e. The van der Waals surface area contributed by atoms with Crippen LogP contribution in [0, 0.1) is 0 Å². The minimum Gasteiger partial charge on any atom is -0.493 e. The fourth-order valence-corrected chi connectivity index (χ4v) is 2.17. The number of rotatable bonds is 6. The largest absolute Gasteiger partial charge is 0.493 e. The molecule has 5 heteroatoms. The SMILES string of the molecule is C=CCSc1cc(OC)c(OC)cc1NC(C)=O. The van der Waals surface area contributed by atoms with E-state index in [0.29, 0.717) is 17.2 Å². The van der Waals surface area contributed by atoms with E-state index in [0.717, 1.165) is 10.6 Å². The number of amides is 1. The van der Waals surface area contributed by atoms with E-state index < -0.39 is 0 Å². The third-order valence-corrected chi connectivity index (χ3v) is 3.20. The van der Waals surface area contributed by atoms with Crippen LogP contribution in [0.5, 0.6) is 11.5 Å². The van der Waals surface area contributed by atoms with Crippen LogP contribution in [-0.4, -0.2) is 25.9 Å². The molecule has 0 spiro atoms. The van der Waals surface area contributed by atoms with Crippen LogP contribution in [0.4, 0.5) is 5.69 Å². The van der Waals surface area contributed by atoms with Gasteiger partial charge in [-0.15, -0.1) is 18.3 Å². The van der Waals surface area contributed by atoms with Crippen LogP contribution in [0.2, 0.25) is 0 Å². The van der Waals surface area contributed by atoms with Crippen LogP contribution in [0.3, 0.4) is 0 Å². The van der Waals surface area contributed by atoms with E-state index in [1.54, 1.807) is 38.1 Å². The number of carbonyl (C=O) groups excluding carboxylic acids is 1. The van der Waals surface area contributed by atoms with Crippen LogP contribution in [0.1, 0.15) is 6.92 Å². The summed E-state index contributed by atoms with van der Waals surface area (Å²) in [5, 5.41) is 2.78. The first-order valence-electron chi connectivity index (χ1n) is 5.39. The zero-order chi connectivity index (χ0) is 13.5. The lowest BCUT2D eigenvalue weighted by atomic mass is 10.2. The van der Waals surface area contributed by atoms with Crippen LogP contribution < -0.4 is 14.8 Å². The molecule has 0 heterocycles. The summed E-state index contributed by atoms with van der Waals surface area (Å²) in [7, 11) is 3.14. The smallest absolute Gasteiger partial charge is 0.221 e. The lowest BCUT2D eigenvalue weighted by Gasteiger charge is -2.14. The molecule has 0 fully saturated rings. The second-order valence-corrected chi connectivity index (χ2v) is 4.55. The highest BCUT2D eigenvalue weighted by Crippen LogP contribution is 2.38. The van der Waals surface area contributed by atoms with Gasteiger partial charge in [-0.25, -0.2) is 0 Å².